The highest BCUT2D eigenvalue weighted by atomic mass is 19.4. The van der Waals surface area contributed by atoms with Crippen LogP contribution in [0.1, 0.15) is 21.6 Å². The third kappa shape index (κ3) is 5.29. The van der Waals surface area contributed by atoms with E-state index >= 15 is 0 Å². The van der Waals surface area contributed by atoms with Crippen molar-refractivity contribution in [1.29, 1.82) is 0 Å². The summed E-state index contributed by atoms with van der Waals surface area (Å²) in [4.78, 5) is 29.5. The first-order valence-electron chi connectivity index (χ1n) is 10.9. The molecule has 184 valence electrons. The van der Waals surface area contributed by atoms with Crippen LogP contribution in [0.2, 0.25) is 0 Å². The zero-order valence-electron chi connectivity index (χ0n) is 19.1. The summed E-state index contributed by atoms with van der Waals surface area (Å²) in [6, 6.07) is 10.8. The van der Waals surface area contributed by atoms with Gasteiger partial charge in [-0.05, 0) is 49.9 Å². The van der Waals surface area contributed by atoms with E-state index in [2.05, 4.69) is 15.3 Å². The van der Waals surface area contributed by atoms with E-state index in [9.17, 15) is 27.9 Å². The summed E-state index contributed by atoms with van der Waals surface area (Å²) in [5.41, 5.74) is -0.505. The van der Waals surface area contributed by atoms with E-state index < -0.39 is 34.6 Å². The van der Waals surface area contributed by atoms with Crippen LogP contribution in [0.4, 0.5) is 24.5 Å². The molecule has 1 aliphatic rings. The van der Waals surface area contributed by atoms with Crippen LogP contribution >= 0.6 is 0 Å². The second-order valence-corrected chi connectivity index (χ2v) is 8.44. The second kappa shape index (κ2) is 9.41. The molecule has 1 amide bonds. The summed E-state index contributed by atoms with van der Waals surface area (Å²) in [5, 5.41) is 16.7. The van der Waals surface area contributed by atoms with E-state index in [0.717, 1.165) is 28.4 Å². The van der Waals surface area contributed by atoms with Gasteiger partial charge in [-0.25, -0.2) is 0 Å². The molecule has 0 unspecified atom stereocenters. The highest BCUT2D eigenvalue weighted by Gasteiger charge is 2.32. The van der Waals surface area contributed by atoms with Crippen molar-refractivity contribution in [3.63, 3.8) is 0 Å². The first kappa shape index (κ1) is 24.3. The van der Waals surface area contributed by atoms with Crippen LogP contribution in [0.25, 0.3) is 5.69 Å². The van der Waals surface area contributed by atoms with Crippen molar-refractivity contribution < 1.29 is 23.1 Å². The molecule has 2 aromatic carbocycles. The topological polar surface area (TPSA) is 90.7 Å². The van der Waals surface area contributed by atoms with Crippen LogP contribution in [0.15, 0.2) is 53.3 Å². The molecular formula is C24H24F3N5O3. The Balaban J connectivity index is 1.72. The fraction of sp³-hybridized carbons (Fsp3) is 0.292. The molecule has 0 spiro atoms. The quantitative estimate of drug-likeness (QED) is 0.587. The molecule has 1 fully saturated rings. The van der Waals surface area contributed by atoms with Crippen molar-refractivity contribution in [2.24, 2.45) is 0 Å². The van der Waals surface area contributed by atoms with Gasteiger partial charge in [-0.15, -0.1) is 0 Å². The molecule has 3 aromatic rings. The SMILES string of the molecule is Cc1cccc(-n2nc(C(=O)Nc3cc(C(F)(F)F)ccc3N3CCN(C)CC3)c(O)cc2=O)c1. The van der Waals surface area contributed by atoms with Crippen LogP contribution < -0.4 is 15.8 Å². The predicted octanol–water partition coefficient (Wildman–Crippen LogP) is 3.27. The van der Waals surface area contributed by atoms with Crippen LogP contribution in [0.3, 0.4) is 0 Å². The summed E-state index contributed by atoms with van der Waals surface area (Å²) in [5.74, 6) is -1.62. The number of aromatic hydroxyl groups is 1. The Morgan fingerprint density at radius 2 is 1.77 bits per heavy atom. The molecule has 2 N–H and O–H groups in total. The number of aryl methyl sites for hydroxylation is 1. The van der Waals surface area contributed by atoms with Crippen molar-refractivity contribution in [1.82, 2.24) is 14.7 Å². The Morgan fingerprint density at radius 3 is 2.43 bits per heavy atom. The van der Waals surface area contributed by atoms with Crippen LogP contribution in [0, 0.1) is 6.92 Å². The van der Waals surface area contributed by atoms with E-state index in [1.54, 1.807) is 18.2 Å². The van der Waals surface area contributed by atoms with Gasteiger partial charge in [-0.2, -0.15) is 23.0 Å². The molecule has 0 radical (unpaired) electrons. The predicted molar refractivity (Wildman–Crippen MR) is 125 cm³/mol. The number of alkyl halides is 3. The number of carbonyl (C=O) groups excluding carboxylic acids is 1. The number of benzene rings is 2. The van der Waals surface area contributed by atoms with Crippen LogP contribution in [0.5, 0.6) is 5.75 Å². The number of piperazine rings is 1. The number of halogens is 3. The fourth-order valence-electron chi connectivity index (χ4n) is 3.87. The Kier molecular flexibility index (Phi) is 6.53. The summed E-state index contributed by atoms with van der Waals surface area (Å²) < 4.78 is 41.2. The number of carbonyl (C=O) groups is 1. The molecule has 0 bridgehead atoms. The summed E-state index contributed by atoms with van der Waals surface area (Å²) in [6.07, 6.45) is -4.61. The van der Waals surface area contributed by atoms with Gasteiger partial charge >= 0.3 is 6.18 Å². The van der Waals surface area contributed by atoms with Crippen molar-refractivity contribution in [2.45, 2.75) is 13.1 Å². The Bertz CT molecular complexity index is 1310. The van der Waals surface area contributed by atoms with Gasteiger partial charge in [0, 0.05) is 32.2 Å². The first-order chi connectivity index (χ1) is 16.5. The lowest BCUT2D eigenvalue weighted by atomic mass is 10.1. The van der Waals surface area contributed by atoms with E-state index in [4.69, 9.17) is 0 Å². The summed E-state index contributed by atoms with van der Waals surface area (Å²) in [6.45, 7) is 4.35. The lowest BCUT2D eigenvalue weighted by molar-refractivity contribution is -0.137. The number of anilines is 2. The lowest BCUT2D eigenvalue weighted by Gasteiger charge is -2.35. The van der Waals surface area contributed by atoms with E-state index in [1.807, 2.05) is 24.9 Å². The van der Waals surface area contributed by atoms with Crippen molar-refractivity contribution in [3.8, 4) is 11.4 Å². The zero-order valence-corrected chi connectivity index (χ0v) is 19.1. The highest BCUT2D eigenvalue weighted by Crippen LogP contribution is 2.36. The molecule has 0 saturated carbocycles. The molecular weight excluding hydrogens is 463 g/mol. The normalized spacial score (nSPS) is 14.7. The number of hydrogen-bond donors (Lipinski definition) is 2. The number of likely N-dealkylation sites (N-methyl/N-ethyl adjacent to an activating group) is 1. The molecule has 0 aliphatic carbocycles. The van der Waals surface area contributed by atoms with E-state index in [0.29, 0.717) is 37.6 Å². The third-order valence-corrected chi connectivity index (χ3v) is 5.79. The number of nitrogens with zero attached hydrogens (tertiary/aromatic N) is 4. The molecule has 1 aromatic heterocycles. The maximum atomic E-state index is 13.4. The molecule has 1 saturated heterocycles. The number of nitrogens with one attached hydrogen (secondary N) is 1. The maximum Gasteiger partial charge on any atom is 0.416 e. The molecule has 35 heavy (non-hydrogen) atoms. The van der Waals surface area contributed by atoms with Gasteiger partial charge < -0.3 is 20.2 Å². The monoisotopic (exact) mass is 487 g/mol. The van der Waals surface area contributed by atoms with Crippen LogP contribution in [-0.4, -0.2) is 58.9 Å². The third-order valence-electron chi connectivity index (χ3n) is 5.79. The minimum absolute atomic E-state index is 0.0658. The van der Waals surface area contributed by atoms with Gasteiger partial charge in [0.15, 0.2) is 11.4 Å². The smallest absolute Gasteiger partial charge is 0.416 e. The minimum Gasteiger partial charge on any atom is -0.505 e. The largest absolute Gasteiger partial charge is 0.505 e. The van der Waals surface area contributed by atoms with Gasteiger partial charge in [0.05, 0.1) is 22.6 Å². The molecule has 1 aliphatic heterocycles. The van der Waals surface area contributed by atoms with E-state index in [1.165, 1.54) is 6.07 Å². The minimum atomic E-state index is -4.61. The first-order valence-corrected chi connectivity index (χ1v) is 10.9. The second-order valence-electron chi connectivity index (χ2n) is 8.44. The van der Waals surface area contributed by atoms with Gasteiger partial charge in [0.25, 0.3) is 11.5 Å². The van der Waals surface area contributed by atoms with Crippen molar-refractivity contribution in [2.75, 3.05) is 43.4 Å². The zero-order chi connectivity index (χ0) is 25.3. The standard InChI is InChI=1S/C24H24F3N5O3/c1-15-4-3-5-17(12-15)32-21(34)14-20(33)22(29-32)23(35)28-18-13-16(24(25,26)27)6-7-19(18)31-10-8-30(2)9-11-31/h3-7,12-14,33H,8-11H2,1-2H3,(H,28,35). The Labute approximate surface area is 199 Å². The van der Waals surface area contributed by atoms with Crippen molar-refractivity contribution in [3.05, 3.63) is 75.7 Å². The average molecular weight is 487 g/mol. The molecule has 11 heteroatoms. The number of amides is 1. The van der Waals surface area contributed by atoms with E-state index in [-0.39, 0.29) is 5.69 Å². The van der Waals surface area contributed by atoms with Crippen LogP contribution in [-0.2, 0) is 6.18 Å². The fourth-order valence-corrected chi connectivity index (χ4v) is 3.87. The molecule has 0 atom stereocenters. The highest BCUT2D eigenvalue weighted by molar-refractivity contribution is 6.06. The molecule has 8 nitrogen and oxygen atoms in total. The molecule has 4 rings (SSSR count). The Hall–Kier alpha value is -3.86. The van der Waals surface area contributed by atoms with Gasteiger partial charge in [0.1, 0.15) is 0 Å². The number of hydrogen-bond acceptors (Lipinski definition) is 6. The van der Waals surface area contributed by atoms with Gasteiger partial charge in [0.2, 0.25) is 0 Å². The average Bonchev–Trinajstić information content (AvgIpc) is 2.79. The lowest BCUT2D eigenvalue weighted by Crippen LogP contribution is -2.44. The summed E-state index contributed by atoms with van der Waals surface area (Å²) >= 11 is 0. The van der Waals surface area contributed by atoms with Crippen molar-refractivity contribution >= 4 is 17.3 Å². The van der Waals surface area contributed by atoms with Gasteiger partial charge in [-0.1, -0.05) is 12.1 Å². The maximum absolute atomic E-state index is 13.4. The van der Waals surface area contributed by atoms with Gasteiger partial charge in [-0.3, -0.25) is 9.59 Å². The Morgan fingerprint density at radius 1 is 1.06 bits per heavy atom. The molecule has 2 heterocycles. The summed E-state index contributed by atoms with van der Waals surface area (Å²) in [7, 11) is 1.95. The number of aromatic nitrogens is 2. The number of rotatable bonds is 4.